The molecule has 3 nitrogen and oxygen atoms in total. The first kappa shape index (κ1) is 10.4. The van der Waals surface area contributed by atoms with E-state index in [1.54, 1.807) is 6.20 Å². The average molecular weight is 267 g/mol. The Kier molecular flexibility index (Phi) is 3.18. The number of nitrogens with zero attached hydrogens (tertiary/aromatic N) is 1. The molecule has 1 aromatic carbocycles. The second-order valence-electron chi connectivity index (χ2n) is 3.24. The molecule has 0 radical (unpaired) electrons. The van der Waals surface area contributed by atoms with Gasteiger partial charge in [0, 0.05) is 10.9 Å². The Morgan fingerprint density at radius 2 is 2.07 bits per heavy atom. The zero-order valence-corrected chi connectivity index (χ0v) is 9.61. The molecule has 4 heteroatoms. The van der Waals surface area contributed by atoms with Crippen LogP contribution in [0.25, 0.3) is 11.3 Å². The van der Waals surface area contributed by atoms with E-state index < -0.39 is 6.10 Å². The molecule has 1 aromatic heterocycles. The van der Waals surface area contributed by atoms with Gasteiger partial charge in [-0.25, -0.2) is 0 Å². The third kappa shape index (κ3) is 2.11. The monoisotopic (exact) mass is 266 g/mol. The summed E-state index contributed by atoms with van der Waals surface area (Å²) in [4.78, 5) is 0. The second kappa shape index (κ2) is 4.59. The maximum Gasteiger partial charge on any atom is 0.0923 e. The third-order valence-corrected chi connectivity index (χ3v) is 2.85. The molecule has 2 rings (SSSR count). The fourth-order valence-electron chi connectivity index (χ4n) is 1.47. The maximum atomic E-state index is 9.75. The average Bonchev–Trinajstić information content (AvgIpc) is 2.78. The lowest BCUT2D eigenvalue weighted by atomic mass is 10.1. The number of nitrogens with one attached hydrogen (secondary N) is 1. The van der Waals surface area contributed by atoms with Crippen LogP contribution in [0.15, 0.2) is 36.5 Å². The van der Waals surface area contributed by atoms with Gasteiger partial charge in [-0.1, -0.05) is 46.3 Å². The first-order chi connectivity index (χ1) is 7.33. The molecule has 0 saturated heterocycles. The van der Waals surface area contributed by atoms with Crippen molar-refractivity contribution in [2.75, 3.05) is 5.33 Å². The molecule has 2 N–H and O–H groups in total. The van der Waals surface area contributed by atoms with Crippen LogP contribution in [0.4, 0.5) is 0 Å². The molecule has 1 unspecified atom stereocenters. The van der Waals surface area contributed by atoms with Crippen molar-refractivity contribution in [3.05, 3.63) is 42.1 Å². The Morgan fingerprint density at radius 1 is 1.33 bits per heavy atom. The van der Waals surface area contributed by atoms with Gasteiger partial charge >= 0.3 is 0 Å². The van der Waals surface area contributed by atoms with Crippen LogP contribution >= 0.6 is 15.9 Å². The molecule has 0 aliphatic carbocycles. The third-order valence-electron chi connectivity index (χ3n) is 2.24. The van der Waals surface area contributed by atoms with Crippen LogP contribution in [0, 0.1) is 0 Å². The van der Waals surface area contributed by atoms with Crippen LogP contribution in [-0.2, 0) is 0 Å². The number of aromatic nitrogens is 2. The van der Waals surface area contributed by atoms with Crippen molar-refractivity contribution in [1.82, 2.24) is 10.2 Å². The highest BCUT2D eigenvalue weighted by Gasteiger charge is 2.14. The molecule has 1 atom stereocenters. The minimum atomic E-state index is -0.529. The lowest BCUT2D eigenvalue weighted by Gasteiger charge is -2.07. The Labute approximate surface area is 96.3 Å². The Morgan fingerprint density at radius 3 is 2.73 bits per heavy atom. The highest BCUT2D eigenvalue weighted by atomic mass is 79.9. The van der Waals surface area contributed by atoms with E-state index in [1.165, 1.54) is 0 Å². The topological polar surface area (TPSA) is 48.9 Å². The van der Waals surface area contributed by atoms with Crippen LogP contribution in [0.5, 0.6) is 0 Å². The highest BCUT2D eigenvalue weighted by molar-refractivity contribution is 9.09. The summed E-state index contributed by atoms with van der Waals surface area (Å²) in [7, 11) is 0. The number of hydrogen-bond acceptors (Lipinski definition) is 2. The van der Waals surface area contributed by atoms with Crippen molar-refractivity contribution in [3.63, 3.8) is 0 Å². The van der Waals surface area contributed by atoms with Gasteiger partial charge in [0.1, 0.15) is 0 Å². The predicted octanol–water partition coefficient (Wildman–Crippen LogP) is 2.51. The lowest BCUT2D eigenvalue weighted by Crippen LogP contribution is -1.98. The first-order valence-corrected chi connectivity index (χ1v) is 5.78. The number of hydrogen-bond donors (Lipinski definition) is 2. The molecule has 2 aromatic rings. The largest absolute Gasteiger partial charge is 0.387 e. The Bertz CT molecular complexity index is 427. The predicted molar refractivity (Wildman–Crippen MR) is 62.8 cm³/mol. The minimum Gasteiger partial charge on any atom is -0.387 e. The summed E-state index contributed by atoms with van der Waals surface area (Å²) in [6, 6.07) is 9.84. The number of halogens is 1. The van der Waals surface area contributed by atoms with Gasteiger partial charge in [0.25, 0.3) is 0 Å². The van der Waals surface area contributed by atoms with Gasteiger partial charge in [-0.2, -0.15) is 5.10 Å². The maximum absolute atomic E-state index is 9.75. The quantitative estimate of drug-likeness (QED) is 0.839. The van der Waals surface area contributed by atoms with Gasteiger partial charge in [0.2, 0.25) is 0 Å². The second-order valence-corrected chi connectivity index (χ2v) is 3.88. The molecule has 0 amide bonds. The van der Waals surface area contributed by atoms with E-state index in [0.29, 0.717) is 5.33 Å². The summed E-state index contributed by atoms with van der Waals surface area (Å²) >= 11 is 3.25. The first-order valence-electron chi connectivity index (χ1n) is 4.65. The number of aromatic amines is 1. The zero-order chi connectivity index (χ0) is 10.7. The fraction of sp³-hybridized carbons (Fsp3) is 0.182. The van der Waals surface area contributed by atoms with Crippen molar-refractivity contribution in [2.24, 2.45) is 0 Å². The van der Waals surface area contributed by atoms with Crippen LogP contribution in [-0.4, -0.2) is 20.6 Å². The fourth-order valence-corrected chi connectivity index (χ4v) is 1.82. The normalized spacial score (nSPS) is 12.7. The zero-order valence-electron chi connectivity index (χ0n) is 8.02. The molecular weight excluding hydrogens is 256 g/mol. The van der Waals surface area contributed by atoms with Crippen molar-refractivity contribution in [2.45, 2.75) is 6.10 Å². The number of benzene rings is 1. The van der Waals surface area contributed by atoms with Crippen LogP contribution in [0.1, 0.15) is 11.7 Å². The summed E-state index contributed by atoms with van der Waals surface area (Å²) in [5, 5.41) is 17.1. The van der Waals surface area contributed by atoms with E-state index in [9.17, 15) is 5.11 Å². The molecule has 0 aliphatic rings. The molecular formula is C11H11BrN2O. The number of aliphatic hydroxyl groups is 1. The molecule has 0 saturated carbocycles. The minimum absolute atomic E-state index is 0.506. The van der Waals surface area contributed by atoms with Gasteiger partial charge in [0.05, 0.1) is 18.0 Å². The molecule has 0 aliphatic heterocycles. The molecule has 0 fully saturated rings. The van der Waals surface area contributed by atoms with Crippen LogP contribution in [0.2, 0.25) is 0 Å². The summed E-state index contributed by atoms with van der Waals surface area (Å²) < 4.78 is 0. The van der Waals surface area contributed by atoms with E-state index >= 15 is 0 Å². The van der Waals surface area contributed by atoms with Gasteiger partial charge in [-0.05, 0) is 5.56 Å². The van der Waals surface area contributed by atoms with Gasteiger partial charge in [-0.3, -0.25) is 5.10 Å². The smallest absolute Gasteiger partial charge is 0.0923 e. The number of rotatable bonds is 3. The molecule has 0 spiro atoms. The number of alkyl halides is 1. The van der Waals surface area contributed by atoms with Crippen molar-refractivity contribution >= 4 is 15.9 Å². The van der Waals surface area contributed by atoms with Crippen molar-refractivity contribution in [3.8, 4) is 11.3 Å². The highest BCUT2D eigenvalue weighted by Crippen LogP contribution is 2.26. The summed E-state index contributed by atoms with van der Waals surface area (Å²) in [6.45, 7) is 0. The number of aliphatic hydroxyl groups excluding tert-OH is 1. The molecule has 78 valence electrons. The number of H-pyrrole nitrogens is 1. The summed E-state index contributed by atoms with van der Waals surface area (Å²) in [5.41, 5.74) is 2.73. The van der Waals surface area contributed by atoms with E-state index in [2.05, 4.69) is 26.1 Å². The van der Waals surface area contributed by atoms with Gasteiger partial charge < -0.3 is 5.11 Å². The molecule has 0 bridgehead atoms. The summed E-state index contributed by atoms with van der Waals surface area (Å²) in [6.07, 6.45) is 1.13. The van der Waals surface area contributed by atoms with E-state index in [0.717, 1.165) is 16.8 Å². The van der Waals surface area contributed by atoms with Crippen molar-refractivity contribution < 1.29 is 5.11 Å². The lowest BCUT2D eigenvalue weighted by molar-refractivity contribution is 0.206. The molecule has 1 heterocycles. The SMILES string of the molecule is OC(CBr)c1cn[nH]c1-c1ccccc1. The van der Waals surface area contributed by atoms with E-state index in [4.69, 9.17) is 0 Å². The van der Waals surface area contributed by atoms with Gasteiger partial charge in [0.15, 0.2) is 0 Å². The van der Waals surface area contributed by atoms with E-state index in [-0.39, 0.29) is 0 Å². The van der Waals surface area contributed by atoms with Crippen molar-refractivity contribution in [1.29, 1.82) is 0 Å². The Balaban J connectivity index is 2.41. The van der Waals surface area contributed by atoms with E-state index in [1.807, 2.05) is 30.3 Å². The van der Waals surface area contributed by atoms with Crippen LogP contribution in [0.3, 0.4) is 0 Å². The summed E-state index contributed by atoms with van der Waals surface area (Å²) in [5.74, 6) is 0. The molecule has 15 heavy (non-hydrogen) atoms. The Hall–Kier alpha value is -1.13. The standard InChI is InChI=1S/C11H11BrN2O/c12-6-10(15)9-7-13-14-11(9)8-4-2-1-3-5-8/h1-5,7,10,15H,6H2,(H,13,14). The van der Waals surface area contributed by atoms with Crippen LogP contribution < -0.4 is 0 Å². The van der Waals surface area contributed by atoms with Gasteiger partial charge in [-0.15, -0.1) is 0 Å².